The first-order valence-corrected chi connectivity index (χ1v) is 2.68. The van der Waals surface area contributed by atoms with Crippen LogP contribution in [0.2, 0.25) is 0 Å². The summed E-state index contributed by atoms with van der Waals surface area (Å²) in [7, 11) is 0. The van der Waals surface area contributed by atoms with E-state index >= 15 is 0 Å². The topological polar surface area (TPSA) is 0 Å². The molecular weight excluding hydrogens is 103 g/mol. The zero-order valence-electron chi connectivity index (χ0n) is 6.02. The van der Waals surface area contributed by atoms with Crippen molar-refractivity contribution in [3.05, 3.63) is 42.3 Å². The van der Waals surface area contributed by atoms with E-state index in [2.05, 4.69) is 19.9 Å². The van der Waals surface area contributed by atoms with Gasteiger partial charge in [0.25, 0.3) is 0 Å². The summed E-state index contributed by atoms with van der Waals surface area (Å²) in [5, 5.41) is 0. The number of benzene rings is 1. The minimum atomic E-state index is 0. The Morgan fingerprint density at radius 1 is 1.22 bits per heavy atom. The van der Waals surface area contributed by atoms with Gasteiger partial charge in [-0.25, -0.2) is 0 Å². The van der Waals surface area contributed by atoms with Crippen LogP contribution in [0.4, 0.5) is 0 Å². The first-order chi connectivity index (χ1) is 3.80. The Kier molecular flexibility index (Phi) is 3.54. The van der Waals surface area contributed by atoms with E-state index in [9.17, 15) is 0 Å². The van der Waals surface area contributed by atoms with E-state index in [1.54, 1.807) is 0 Å². The molecule has 0 saturated carbocycles. The SMILES string of the molecule is [CH2-]c1ccccc1C.[Li+]. The van der Waals surface area contributed by atoms with Gasteiger partial charge in [-0.15, -0.1) is 12.1 Å². The van der Waals surface area contributed by atoms with Crippen molar-refractivity contribution in [2.45, 2.75) is 6.92 Å². The summed E-state index contributed by atoms with van der Waals surface area (Å²) in [5.74, 6) is 0. The van der Waals surface area contributed by atoms with Crippen molar-refractivity contribution < 1.29 is 18.9 Å². The summed E-state index contributed by atoms with van der Waals surface area (Å²) in [4.78, 5) is 0. The van der Waals surface area contributed by atoms with Crippen LogP contribution in [-0.2, 0) is 0 Å². The largest absolute Gasteiger partial charge is 1.00 e. The van der Waals surface area contributed by atoms with Crippen LogP contribution in [0.1, 0.15) is 11.1 Å². The van der Waals surface area contributed by atoms with Gasteiger partial charge >= 0.3 is 18.9 Å². The Labute approximate surface area is 68.5 Å². The summed E-state index contributed by atoms with van der Waals surface area (Å²) in [5.41, 5.74) is 2.38. The smallest absolute Gasteiger partial charge is 0.198 e. The number of hydrogen-bond donors (Lipinski definition) is 0. The van der Waals surface area contributed by atoms with Gasteiger partial charge < -0.3 is 0 Å². The average Bonchev–Trinajstić information content (AvgIpc) is 1.77. The van der Waals surface area contributed by atoms with Crippen LogP contribution in [0.25, 0.3) is 0 Å². The second-order valence-corrected chi connectivity index (χ2v) is 1.93. The number of aryl methyl sites for hydroxylation is 1. The van der Waals surface area contributed by atoms with Crippen molar-refractivity contribution >= 4 is 0 Å². The first-order valence-electron chi connectivity index (χ1n) is 2.68. The fraction of sp³-hybridized carbons (Fsp3) is 0.125. The molecule has 0 aliphatic heterocycles. The summed E-state index contributed by atoms with van der Waals surface area (Å²) in [6.07, 6.45) is 0. The van der Waals surface area contributed by atoms with Crippen molar-refractivity contribution in [3.8, 4) is 0 Å². The molecule has 0 heterocycles. The molecule has 42 valence electrons. The van der Waals surface area contributed by atoms with Crippen LogP contribution in [0.15, 0.2) is 24.3 Å². The molecule has 1 aromatic carbocycles. The minimum Gasteiger partial charge on any atom is -0.198 e. The molecule has 9 heavy (non-hydrogen) atoms. The summed E-state index contributed by atoms with van der Waals surface area (Å²) in [6.45, 7) is 5.88. The van der Waals surface area contributed by atoms with Crippen LogP contribution < -0.4 is 18.9 Å². The van der Waals surface area contributed by atoms with Crippen molar-refractivity contribution in [2.24, 2.45) is 0 Å². The molecule has 1 heteroatoms. The van der Waals surface area contributed by atoms with Crippen molar-refractivity contribution in [1.82, 2.24) is 0 Å². The van der Waals surface area contributed by atoms with Crippen LogP contribution in [0.5, 0.6) is 0 Å². The van der Waals surface area contributed by atoms with Gasteiger partial charge in [0, 0.05) is 0 Å². The molecule has 0 aromatic heterocycles. The molecule has 0 spiro atoms. The predicted molar refractivity (Wildman–Crippen MR) is 35.6 cm³/mol. The fourth-order valence-corrected chi connectivity index (χ4v) is 0.610. The maximum atomic E-state index is 3.82. The van der Waals surface area contributed by atoms with E-state index in [-0.39, 0.29) is 18.9 Å². The third kappa shape index (κ3) is 2.18. The molecule has 0 N–H and O–H groups in total. The molecule has 0 aliphatic carbocycles. The maximum Gasteiger partial charge on any atom is 1.00 e. The van der Waals surface area contributed by atoms with Crippen LogP contribution in [0, 0.1) is 13.8 Å². The molecule has 0 amide bonds. The zero-order chi connectivity index (χ0) is 5.98. The molecule has 0 unspecified atom stereocenters. The van der Waals surface area contributed by atoms with E-state index in [4.69, 9.17) is 0 Å². The molecule has 1 rings (SSSR count). The van der Waals surface area contributed by atoms with Gasteiger partial charge in [-0.2, -0.15) is 24.1 Å². The van der Waals surface area contributed by atoms with Gasteiger partial charge in [0.2, 0.25) is 0 Å². The maximum absolute atomic E-state index is 3.82. The normalized spacial score (nSPS) is 8.11. The Balaban J connectivity index is 0.000000640. The second kappa shape index (κ2) is 3.66. The molecular formula is C8H9Li. The van der Waals surface area contributed by atoms with Gasteiger partial charge in [-0.3, -0.25) is 0 Å². The minimum absolute atomic E-state index is 0. The first kappa shape index (κ1) is 8.69. The quantitative estimate of drug-likeness (QED) is 0.304. The van der Waals surface area contributed by atoms with Crippen molar-refractivity contribution in [2.75, 3.05) is 0 Å². The van der Waals surface area contributed by atoms with Gasteiger partial charge in [-0.1, -0.05) is 13.0 Å². The van der Waals surface area contributed by atoms with E-state index in [1.807, 2.05) is 18.2 Å². The number of rotatable bonds is 0. The number of hydrogen-bond acceptors (Lipinski definition) is 0. The third-order valence-electron chi connectivity index (χ3n) is 1.26. The van der Waals surface area contributed by atoms with Gasteiger partial charge in [0.05, 0.1) is 0 Å². The van der Waals surface area contributed by atoms with Crippen molar-refractivity contribution in [1.29, 1.82) is 0 Å². The molecule has 1 aromatic rings. The van der Waals surface area contributed by atoms with Gasteiger partial charge in [0.15, 0.2) is 0 Å². The van der Waals surface area contributed by atoms with Gasteiger partial charge in [-0.05, 0) is 0 Å². The molecule has 0 nitrogen and oxygen atoms in total. The summed E-state index contributed by atoms with van der Waals surface area (Å²) in [6, 6.07) is 8.08. The van der Waals surface area contributed by atoms with Crippen LogP contribution >= 0.6 is 0 Å². The van der Waals surface area contributed by atoms with Crippen LogP contribution in [-0.4, -0.2) is 0 Å². The van der Waals surface area contributed by atoms with E-state index < -0.39 is 0 Å². The Bertz CT molecular complexity index is 161. The fourth-order valence-electron chi connectivity index (χ4n) is 0.610. The molecule has 0 bridgehead atoms. The zero-order valence-corrected chi connectivity index (χ0v) is 6.02. The molecule has 0 atom stereocenters. The molecule has 0 fully saturated rings. The Hall–Kier alpha value is -0.313. The average molecular weight is 112 g/mol. The van der Waals surface area contributed by atoms with E-state index in [1.165, 1.54) is 5.56 Å². The summed E-state index contributed by atoms with van der Waals surface area (Å²) < 4.78 is 0. The molecule has 0 radical (unpaired) electrons. The van der Waals surface area contributed by atoms with E-state index in [0.29, 0.717) is 0 Å². The van der Waals surface area contributed by atoms with Crippen molar-refractivity contribution in [3.63, 3.8) is 0 Å². The van der Waals surface area contributed by atoms with Crippen LogP contribution in [0.3, 0.4) is 0 Å². The second-order valence-electron chi connectivity index (χ2n) is 1.93. The Morgan fingerprint density at radius 2 is 1.78 bits per heavy atom. The third-order valence-corrected chi connectivity index (χ3v) is 1.26. The standard InChI is InChI=1S/C8H9.Li/c1-7-5-3-4-6-8(7)2;/h3-6H,1H2,2H3;/q-1;+1. The predicted octanol–water partition coefficient (Wildman–Crippen LogP) is -0.819. The molecule has 0 saturated heterocycles. The van der Waals surface area contributed by atoms with E-state index in [0.717, 1.165) is 5.56 Å². The molecule has 0 aliphatic rings. The Morgan fingerprint density at radius 3 is 2.11 bits per heavy atom. The summed E-state index contributed by atoms with van der Waals surface area (Å²) >= 11 is 0. The van der Waals surface area contributed by atoms with Gasteiger partial charge in [0.1, 0.15) is 0 Å². The monoisotopic (exact) mass is 112 g/mol.